The van der Waals surface area contributed by atoms with Gasteiger partial charge in [0.05, 0.1) is 12.1 Å². The summed E-state index contributed by atoms with van der Waals surface area (Å²) in [5, 5.41) is 9.22. The van der Waals surface area contributed by atoms with Gasteiger partial charge in [-0.1, -0.05) is 0 Å². The van der Waals surface area contributed by atoms with Crippen molar-refractivity contribution in [2.45, 2.75) is 26.0 Å². The van der Waals surface area contributed by atoms with E-state index in [1.807, 2.05) is 0 Å². The number of aryl methyl sites for hydroxylation is 1. The first-order valence-corrected chi connectivity index (χ1v) is 4.08. The smallest absolute Gasteiger partial charge is 0.213 e. The van der Waals surface area contributed by atoms with Crippen molar-refractivity contribution >= 4 is 0 Å². The van der Waals surface area contributed by atoms with Crippen molar-refractivity contribution in [3.05, 3.63) is 29.3 Å². The standard InChI is InChI=1S/C9H13FN2O/c1-5-3-8(10)12-4-7(5)9(11)6(2)13/h3-4,6,9,13H,11H2,1-2H3/t6-,9-/m0/s1. The number of rotatable bonds is 2. The molecule has 0 unspecified atom stereocenters. The van der Waals surface area contributed by atoms with E-state index in [9.17, 15) is 9.50 Å². The average Bonchev–Trinajstić information content (AvgIpc) is 2.03. The van der Waals surface area contributed by atoms with Gasteiger partial charge in [-0.3, -0.25) is 0 Å². The lowest BCUT2D eigenvalue weighted by Gasteiger charge is -2.16. The lowest BCUT2D eigenvalue weighted by Crippen LogP contribution is -2.24. The fourth-order valence-corrected chi connectivity index (χ4v) is 1.14. The van der Waals surface area contributed by atoms with Gasteiger partial charge >= 0.3 is 0 Å². The second kappa shape index (κ2) is 3.81. The van der Waals surface area contributed by atoms with Crippen molar-refractivity contribution in [2.75, 3.05) is 0 Å². The Bertz CT molecular complexity index is 302. The maximum Gasteiger partial charge on any atom is 0.213 e. The van der Waals surface area contributed by atoms with Crippen molar-refractivity contribution in [3.63, 3.8) is 0 Å². The van der Waals surface area contributed by atoms with Crippen LogP contribution in [-0.2, 0) is 0 Å². The lowest BCUT2D eigenvalue weighted by atomic mass is 10.0. The van der Waals surface area contributed by atoms with Crippen LogP contribution in [-0.4, -0.2) is 16.2 Å². The molecule has 0 aliphatic heterocycles. The number of aromatic nitrogens is 1. The minimum atomic E-state index is -0.661. The molecule has 1 aromatic rings. The molecule has 0 bridgehead atoms. The SMILES string of the molecule is Cc1cc(F)ncc1[C@@H](N)[C@H](C)O. The monoisotopic (exact) mass is 184 g/mol. The maximum absolute atomic E-state index is 12.6. The summed E-state index contributed by atoms with van der Waals surface area (Å²) in [6, 6.07) is 0.797. The van der Waals surface area contributed by atoms with Crippen LogP contribution in [0, 0.1) is 12.9 Å². The molecular weight excluding hydrogens is 171 g/mol. The molecule has 3 nitrogen and oxygen atoms in total. The van der Waals surface area contributed by atoms with Gasteiger partial charge in [0.15, 0.2) is 0 Å². The fraction of sp³-hybridized carbons (Fsp3) is 0.444. The Kier molecular flexibility index (Phi) is 2.95. The largest absolute Gasteiger partial charge is 0.391 e. The van der Waals surface area contributed by atoms with Crippen molar-refractivity contribution < 1.29 is 9.50 Å². The molecule has 1 aromatic heterocycles. The highest BCUT2D eigenvalue weighted by Gasteiger charge is 2.14. The number of nitrogens with zero attached hydrogens (tertiary/aromatic N) is 1. The molecule has 0 aromatic carbocycles. The normalized spacial score (nSPS) is 15.5. The topological polar surface area (TPSA) is 59.1 Å². The number of hydrogen-bond acceptors (Lipinski definition) is 3. The van der Waals surface area contributed by atoms with Crippen LogP contribution in [0.1, 0.15) is 24.1 Å². The first kappa shape index (κ1) is 10.1. The Morgan fingerprint density at radius 1 is 1.62 bits per heavy atom. The van der Waals surface area contributed by atoms with Gasteiger partial charge in [-0.05, 0) is 31.0 Å². The zero-order valence-corrected chi connectivity index (χ0v) is 7.66. The van der Waals surface area contributed by atoms with Crippen LogP contribution < -0.4 is 5.73 Å². The minimum Gasteiger partial charge on any atom is -0.391 e. The summed E-state index contributed by atoms with van der Waals surface area (Å²) in [6.45, 7) is 3.33. The number of pyridine rings is 1. The molecule has 2 atom stereocenters. The van der Waals surface area contributed by atoms with E-state index < -0.39 is 18.1 Å². The summed E-state index contributed by atoms with van der Waals surface area (Å²) in [5.74, 6) is -0.529. The Morgan fingerprint density at radius 3 is 2.69 bits per heavy atom. The summed E-state index contributed by atoms with van der Waals surface area (Å²) in [5.41, 5.74) is 7.06. The van der Waals surface area contributed by atoms with Crippen LogP contribution in [0.25, 0.3) is 0 Å². The number of nitrogens with two attached hydrogens (primary N) is 1. The summed E-state index contributed by atoms with van der Waals surface area (Å²) in [4.78, 5) is 3.49. The van der Waals surface area contributed by atoms with Gasteiger partial charge in [-0.15, -0.1) is 0 Å². The highest BCUT2D eigenvalue weighted by molar-refractivity contribution is 5.25. The van der Waals surface area contributed by atoms with Crippen LogP contribution in [0.15, 0.2) is 12.3 Å². The van der Waals surface area contributed by atoms with Crippen LogP contribution in [0.2, 0.25) is 0 Å². The van der Waals surface area contributed by atoms with E-state index in [4.69, 9.17) is 5.73 Å². The number of aliphatic hydroxyl groups is 1. The van der Waals surface area contributed by atoms with Crippen LogP contribution >= 0.6 is 0 Å². The van der Waals surface area contributed by atoms with Gasteiger partial charge in [-0.25, -0.2) is 4.98 Å². The van der Waals surface area contributed by atoms with Crippen molar-refractivity contribution in [1.29, 1.82) is 0 Å². The molecule has 1 rings (SSSR count). The van der Waals surface area contributed by atoms with Gasteiger partial charge < -0.3 is 10.8 Å². The van der Waals surface area contributed by atoms with Crippen molar-refractivity contribution in [3.8, 4) is 0 Å². The molecule has 13 heavy (non-hydrogen) atoms. The minimum absolute atomic E-state index is 0.506. The molecule has 3 N–H and O–H groups in total. The molecule has 72 valence electrons. The van der Waals surface area contributed by atoms with Gasteiger partial charge in [-0.2, -0.15) is 4.39 Å². The molecule has 0 saturated heterocycles. The van der Waals surface area contributed by atoms with E-state index >= 15 is 0 Å². The Hall–Kier alpha value is -1.00. The molecule has 0 aliphatic carbocycles. The Balaban J connectivity index is 3.01. The van der Waals surface area contributed by atoms with Crippen molar-refractivity contribution in [2.24, 2.45) is 5.73 Å². The first-order valence-electron chi connectivity index (χ1n) is 4.08. The molecular formula is C9H13FN2O. The van der Waals surface area contributed by atoms with Gasteiger partial charge in [0.1, 0.15) is 0 Å². The quantitative estimate of drug-likeness (QED) is 0.671. The van der Waals surface area contributed by atoms with Gasteiger partial charge in [0, 0.05) is 6.20 Å². The highest BCUT2D eigenvalue weighted by Crippen LogP contribution is 2.17. The summed E-state index contributed by atoms with van der Waals surface area (Å²) >= 11 is 0. The average molecular weight is 184 g/mol. The number of aliphatic hydroxyl groups excluding tert-OH is 1. The zero-order valence-electron chi connectivity index (χ0n) is 7.66. The molecule has 0 amide bonds. The predicted octanol–water partition coefficient (Wildman–Crippen LogP) is 0.910. The molecule has 0 aliphatic rings. The number of hydrogen-bond donors (Lipinski definition) is 2. The lowest BCUT2D eigenvalue weighted by molar-refractivity contribution is 0.164. The summed E-state index contributed by atoms with van der Waals surface area (Å²) < 4.78 is 12.6. The third-order valence-corrected chi connectivity index (χ3v) is 2.00. The van der Waals surface area contributed by atoms with E-state index in [1.54, 1.807) is 13.8 Å². The van der Waals surface area contributed by atoms with E-state index in [0.717, 1.165) is 0 Å². The van der Waals surface area contributed by atoms with Crippen LogP contribution in [0.5, 0.6) is 0 Å². The summed E-state index contributed by atoms with van der Waals surface area (Å²) in [7, 11) is 0. The summed E-state index contributed by atoms with van der Waals surface area (Å²) in [6.07, 6.45) is 0.702. The second-order valence-electron chi connectivity index (χ2n) is 3.13. The van der Waals surface area contributed by atoms with Gasteiger partial charge in [0.2, 0.25) is 5.95 Å². The first-order chi connectivity index (χ1) is 6.02. The third kappa shape index (κ3) is 2.23. The molecule has 0 saturated carbocycles. The third-order valence-electron chi connectivity index (χ3n) is 2.00. The van der Waals surface area contributed by atoms with E-state index in [2.05, 4.69) is 4.98 Å². The fourth-order valence-electron chi connectivity index (χ4n) is 1.14. The van der Waals surface area contributed by atoms with Crippen LogP contribution in [0.4, 0.5) is 4.39 Å². The zero-order chi connectivity index (χ0) is 10.0. The van der Waals surface area contributed by atoms with E-state index in [1.165, 1.54) is 12.3 Å². The highest BCUT2D eigenvalue weighted by atomic mass is 19.1. The van der Waals surface area contributed by atoms with E-state index in [-0.39, 0.29) is 0 Å². The Morgan fingerprint density at radius 2 is 2.23 bits per heavy atom. The Labute approximate surface area is 76.4 Å². The molecule has 1 heterocycles. The van der Waals surface area contributed by atoms with E-state index in [0.29, 0.717) is 11.1 Å². The number of halogens is 1. The molecule has 0 fully saturated rings. The molecule has 0 radical (unpaired) electrons. The second-order valence-corrected chi connectivity index (χ2v) is 3.13. The predicted molar refractivity (Wildman–Crippen MR) is 47.5 cm³/mol. The molecule has 0 spiro atoms. The molecule has 4 heteroatoms. The maximum atomic E-state index is 12.6. The van der Waals surface area contributed by atoms with Crippen molar-refractivity contribution in [1.82, 2.24) is 4.98 Å². The van der Waals surface area contributed by atoms with Gasteiger partial charge in [0.25, 0.3) is 0 Å². The van der Waals surface area contributed by atoms with Crippen LogP contribution in [0.3, 0.4) is 0 Å².